The van der Waals surface area contributed by atoms with Gasteiger partial charge in [-0.15, -0.1) is 5.10 Å². The van der Waals surface area contributed by atoms with Crippen LogP contribution in [0, 0.1) is 18.7 Å². The van der Waals surface area contributed by atoms with Crippen LogP contribution in [0.3, 0.4) is 0 Å². The number of H-pyrrole nitrogens is 1. The number of piperazine rings is 1. The van der Waals surface area contributed by atoms with Crippen LogP contribution in [-0.4, -0.2) is 142 Å². The Morgan fingerprint density at radius 1 is 0.925 bits per heavy atom. The number of β-amino-alcohol motifs (C(OH)–C–C–N with tert-alkyl or cyclic N) is 1. The molecule has 0 unspecified atom stereocenters. The first-order valence-electron chi connectivity index (χ1n) is 27.4. The van der Waals surface area contributed by atoms with Gasteiger partial charge in [-0.25, -0.2) is 9.07 Å². The summed E-state index contributed by atoms with van der Waals surface area (Å²) in [6.45, 7) is 9.04. The van der Waals surface area contributed by atoms with Crippen molar-refractivity contribution >= 4 is 39.4 Å². The number of aliphatic hydroxyl groups is 2. The molecule has 12 rings (SSSR count). The highest BCUT2D eigenvalue weighted by molar-refractivity contribution is 6.06. The molecule has 4 fully saturated rings. The smallest absolute Gasteiger partial charge is 0.319 e. The molecule has 7 heterocycles. The average molecular weight is 1090 g/mol. The third-order valence-electron chi connectivity index (χ3n) is 16.2. The van der Waals surface area contributed by atoms with Crippen molar-refractivity contribution in [3.8, 4) is 45.4 Å². The minimum absolute atomic E-state index is 0.0305. The van der Waals surface area contributed by atoms with Gasteiger partial charge < -0.3 is 44.9 Å². The summed E-state index contributed by atoms with van der Waals surface area (Å²) in [5.41, 5.74) is 8.36. The zero-order chi connectivity index (χ0) is 55.3. The molecule has 4 aromatic carbocycles. The number of nitrogens with zero attached hydrogens (tertiary/aromatic N) is 10. The SMILES string of the molecule is CO[C@@H](C)COc1nc(N2C[C@@H]3C[C@H]2CN3)c2cc(C3CC3)c(-c3c(C)c(F)cc4[nH]ncc34)c(OCc3ccc(-c4cn([C@H](C(=O)N5C[C@H](O)C[C@H]5C(=O)N[C@@H](CO)c5ccc(-c6cnccn6)cc5)C(C)C)nn4)cc3)c2n1. The number of likely N-dealkylation sites (tertiary alicyclic amines) is 1. The Balaban J connectivity index is 0.823. The summed E-state index contributed by atoms with van der Waals surface area (Å²) in [4.78, 5) is 51.1. The van der Waals surface area contributed by atoms with Gasteiger partial charge in [0.05, 0.1) is 54.7 Å². The zero-order valence-corrected chi connectivity index (χ0v) is 45.2. The number of aromatic amines is 1. The van der Waals surface area contributed by atoms with Crippen LogP contribution < -0.4 is 25.0 Å². The molecule has 8 aromatic rings. The number of carbonyl (C=O) groups excluding carboxylic acids is 2. The summed E-state index contributed by atoms with van der Waals surface area (Å²) >= 11 is 0. The van der Waals surface area contributed by atoms with Gasteiger partial charge in [0.2, 0.25) is 11.8 Å². The Hall–Kier alpha value is -7.98. The second-order valence-corrected chi connectivity index (χ2v) is 22.0. The number of aliphatic hydroxyl groups excluding tert-OH is 2. The predicted molar refractivity (Wildman–Crippen MR) is 296 cm³/mol. The van der Waals surface area contributed by atoms with Crippen molar-refractivity contribution in [2.24, 2.45) is 5.92 Å². The molecule has 7 atom stereocenters. The molecule has 414 valence electrons. The number of amides is 2. The van der Waals surface area contributed by atoms with Crippen LogP contribution in [0.2, 0.25) is 0 Å². The minimum Gasteiger partial charge on any atom is -0.486 e. The van der Waals surface area contributed by atoms with Crippen molar-refractivity contribution in [2.45, 2.75) is 108 Å². The van der Waals surface area contributed by atoms with Gasteiger partial charge in [0.25, 0.3) is 0 Å². The molecule has 2 bridgehead atoms. The Morgan fingerprint density at radius 2 is 1.71 bits per heavy atom. The second-order valence-electron chi connectivity index (χ2n) is 22.0. The number of ether oxygens (including phenoxy) is 3. The Bertz CT molecular complexity index is 3580. The molecule has 2 amide bonds. The first-order chi connectivity index (χ1) is 38.8. The van der Waals surface area contributed by atoms with Crippen molar-refractivity contribution < 1.29 is 38.4 Å². The van der Waals surface area contributed by atoms with E-state index in [1.807, 2.05) is 57.2 Å². The van der Waals surface area contributed by atoms with Gasteiger partial charge in [-0.1, -0.05) is 67.6 Å². The number of halogens is 1. The lowest BCUT2D eigenvalue weighted by Gasteiger charge is -2.30. The number of aromatic nitrogens is 9. The van der Waals surface area contributed by atoms with Gasteiger partial charge in [-0.2, -0.15) is 15.1 Å². The number of benzene rings is 4. The first-order valence-corrected chi connectivity index (χ1v) is 27.4. The maximum absolute atomic E-state index is 16.1. The monoisotopic (exact) mass is 1090 g/mol. The summed E-state index contributed by atoms with van der Waals surface area (Å²) in [7, 11) is 1.63. The average Bonchev–Trinajstić information content (AvgIpc) is 3.64. The van der Waals surface area contributed by atoms with Crippen LogP contribution in [0.1, 0.15) is 86.7 Å². The largest absolute Gasteiger partial charge is 0.486 e. The highest BCUT2D eigenvalue weighted by atomic mass is 19.1. The van der Waals surface area contributed by atoms with Gasteiger partial charge in [0.15, 0.2) is 5.75 Å². The molecule has 3 saturated heterocycles. The van der Waals surface area contributed by atoms with Crippen LogP contribution in [0.15, 0.2) is 91.6 Å². The van der Waals surface area contributed by atoms with Gasteiger partial charge in [-0.05, 0) is 79.3 Å². The second kappa shape index (κ2) is 21.9. The third kappa shape index (κ3) is 10.2. The van der Waals surface area contributed by atoms with E-state index in [2.05, 4.69) is 52.1 Å². The van der Waals surface area contributed by atoms with Gasteiger partial charge >= 0.3 is 6.01 Å². The van der Waals surface area contributed by atoms with Crippen LogP contribution in [0.25, 0.3) is 55.4 Å². The maximum atomic E-state index is 16.1. The number of rotatable bonds is 19. The molecule has 1 aliphatic carbocycles. The van der Waals surface area contributed by atoms with E-state index in [1.165, 1.54) is 15.6 Å². The fourth-order valence-corrected chi connectivity index (χ4v) is 11.7. The third-order valence-corrected chi connectivity index (χ3v) is 16.2. The summed E-state index contributed by atoms with van der Waals surface area (Å²) in [5, 5.41) is 45.7. The standard InChI is InChI=1S/C59H64FN13O7/c1-31(2)54(58(77)72-26-41(75)19-50(72)57(76)65-49(28-74)38-14-12-36(13-15-38)47-24-61-16-17-62-47)73-27-48(69-70-73)37-8-6-34(7-9-37)30-79-55-52(51-33(4)45(60)21-46-44(51)23-64-68-46)42(35-10-11-35)20-43-53(55)66-59(80-29-32(3)78-5)67-56(43)71-25-39-18-40(71)22-63-39/h6-9,12-17,20-21,23-24,27,31-32,35,39-41,49-50,54,63,74-75H,10-11,18-19,22,25-26,28-30H2,1-5H3,(H,64,68)(H,65,76)/t32-,39-,40-,41+,49-,50-,54-/m0/s1. The molecular formula is C59H64FN13O7. The van der Waals surface area contributed by atoms with E-state index in [-0.39, 0.29) is 74.5 Å². The number of anilines is 1. The highest BCUT2D eigenvalue weighted by Crippen LogP contribution is 2.53. The van der Waals surface area contributed by atoms with Crippen molar-refractivity contribution in [3.63, 3.8) is 0 Å². The zero-order valence-electron chi connectivity index (χ0n) is 45.2. The maximum Gasteiger partial charge on any atom is 0.319 e. The summed E-state index contributed by atoms with van der Waals surface area (Å²) < 4.78 is 36.6. The number of nitrogens with one attached hydrogen (secondary N) is 3. The molecule has 0 spiro atoms. The molecule has 21 heteroatoms. The summed E-state index contributed by atoms with van der Waals surface area (Å²) in [6.07, 6.45) is 10.1. The van der Waals surface area contributed by atoms with E-state index in [9.17, 15) is 19.8 Å². The van der Waals surface area contributed by atoms with E-state index in [4.69, 9.17) is 24.2 Å². The molecule has 4 aliphatic rings. The molecular weight excluding hydrogens is 1020 g/mol. The molecule has 3 aliphatic heterocycles. The lowest BCUT2D eigenvalue weighted by molar-refractivity contribution is -0.142. The van der Waals surface area contributed by atoms with Crippen LogP contribution in [0.5, 0.6) is 11.8 Å². The van der Waals surface area contributed by atoms with Gasteiger partial charge in [-0.3, -0.25) is 24.7 Å². The van der Waals surface area contributed by atoms with Crippen LogP contribution >= 0.6 is 0 Å². The molecule has 80 heavy (non-hydrogen) atoms. The summed E-state index contributed by atoms with van der Waals surface area (Å²) in [5.74, 6) is -0.0443. The van der Waals surface area contributed by atoms with Gasteiger partial charge in [0, 0.05) is 90.7 Å². The predicted octanol–water partition coefficient (Wildman–Crippen LogP) is 6.77. The minimum atomic E-state index is -0.994. The number of fused-ring (bicyclic) bond motifs is 4. The van der Waals surface area contributed by atoms with E-state index in [1.54, 1.807) is 57.2 Å². The topological polar surface area (TPSA) is 244 Å². The van der Waals surface area contributed by atoms with E-state index >= 15 is 4.39 Å². The van der Waals surface area contributed by atoms with E-state index < -0.39 is 30.1 Å². The number of hydrogen-bond acceptors (Lipinski definition) is 16. The Morgan fingerprint density at radius 3 is 2.41 bits per heavy atom. The highest BCUT2D eigenvalue weighted by Gasteiger charge is 2.44. The van der Waals surface area contributed by atoms with Crippen LogP contribution in [-0.2, 0) is 20.9 Å². The molecule has 1 saturated carbocycles. The molecule has 5 N–H and O–H groups in total. The normalized spacial score (nSPS) is 20.0. The van der Waals surface area contributed by atoms with Crippen LogP contribution in [0.4, 0.5) is 10.2 Å². The fourth-order valence-electron chi connectivity index (χ4n) is 11.7. The Labute approximate surface area is 461 Å². The summed E-state index contributed by atoms with van der Waals surface area (Å²) in [6, 6.07) is 16.9. The van der Waals surface area contributed by atoms with Gasteiger partial charge in [0.1, 0.15) is 48.1 Å². The quantitative estimate of drug-likeness (QED) is 0.0561. The number of hydrogen-bond donors (Lipinski definition) is 5. The van der Waals surface area contributed by atoms with E-state index in [0.717, 1.165) is 76.8 Å². The number of carbonyl (C=O) groups is 2. The van der Waals surface area contributed by atoms with E-state index in [0.29, 0.717) is 50.9 Å². The molecule has 4 aromatic heterocycles. The lowest BCUT2D eigenvalue weighted by Crippen LogP contribution is -2.50. The fraction of sp³-hybridized carbons (Fsp3) is 0.407. The number of methoxy groups -OCH3 is 1. The lowest BCUT2D eigenvalue weighted by atomic mass is 9.88. The van der Waals surface area contributed by atoms with Crippen molar-refractivity contribution in [1.82, 2.24) is 60.7 Å². The first kappa shape index (κ1) is 52.7. The molecule has 20 nitrogen and oxygen atoms in total. The molecule has 0 radical (unpaired) electrons. The van der Waals surface area contributed by atoms with Crippen molar-refractivity contribution in [1.29, 1.82) is 0 Å². The Kier molecular flexibility index (Phi) is 14.4. The van der Waals surface area contributed by atoms with Crippen molar-refractivity contribution in [2.75, 3.05) is 44.9 Å². The van der Waals surface area contributed by atoms with Crippen molar-refractivity contribution in [3.05, 3.63) is 120 Å².